The fraction of sp³-hybridized carbons (Fsp3) is 0.150. The highest BCUT2D eigenvalue weighted by atomic mass is 32.1. The first-order chi connectivity index (χ1) is 14.1. The van der Waals surface area contributed by atoms with Gasteiger partial charge in [0.05, 0.1) is 31.7 Å². The molecule has 1 aromatic carbocycles. The summed E-state index contributed by atoms with van der Waals surface area (Å²) >= 11 is 1.40. The van der Waals surface area contributed by atoms with Gasteiger partial charge in [0.15, 0.2) is 17.3 Å². The number of nitrogens with one attached hydrogen (secondary N) is 1. The minimum atomic E-state index is -0.343. The Balaban J connectivity index is 1.65. The van der Waals surface area contributed by atoms with E-state index < -0.39 is 0 Å². The van der Waals surface area contributed by atoms with E-state index in [0.717, 1.165) is 5.69 Å². The molecule has 0 spiro atoms. The van der Waals surface area contributed by atoms with Gasteiger partial charge >= 0.3 is 0 Å². The summed E-state index contributed by atoms with van der Waals surface area (Å²) in [6, 6.07) is 10.6. The number of thiazole rings is 1. The number of para-hydroxylation sites is 1. The van der Waals surface area contributed by atoms with Gasteiger partial charge in [-0.05, 0) is 31.2 Å². The number of anilines is 1. The van der Waals surface area contributed by atoms with E-state index in [4.69, 9.17) is 13.9 Å². The first-order valence-corrected chi connectivity index (χ1v) is 9.57. The lowest BCUT2D eigenvalue weighted by Gasteiger charge is -2.12. The van der Waals surface area contributed by atoms with E-state index in [1.165, 1.54) is 25.6 Å². The zero-order valence-corrected chi connectivity index (χ0v) is 16.8. The topological polar surface area (TPSA) is 91.4 Å². The van der Waals surface area contributed by atoms with Crippen LogP contribution in [0.15, 0.2) is 52.5 Å². The number of benzene rings is 1. The van der Waals surface area contributed by atoms with Crippen molar-refractivity contribution in [2.24, 2.45) is 0 Å². The molecular weight excluding hydrogens is 392 g/mol. The van der Waals surface area contributed by atoms with E-state index in [-0.39, 0.29) is 5.91 Å². The van der Waals surface area contributed by atoms with Crippen molar-refractivity contribution in [3.05, 3.63) is 59.3 Å². The average Bonchev–Trinajstić information content (AvgIpc) is 3.47. The molecule has 0 unspecified atom stereocenters. The Labute approximate surface area is 170 Å². The third-order valence-electron chi connectivity index (χ3n) is 4.17. The highest BCUT2D eigenvalue weighted by Crippen LogP contribution is 2.32. The SMILES string of the molecule is COc1cccc(C(=O)Nc2cc(C)nn2-c2nc(-c3ccco3)cs2)c1OC. The van der Waals surface area contributed by atoms with Gasteiger partial charge in [0.2, 0.25) is 5.13 Å². The average molecular weight is 410 g/mol. The van der Waals surface area contributed by atoms with Gasteiger partial charge in [0.1, 0.15) is 11.5 Å². The van der Waals surface area contributed by atoms with Crippen LogP contribution in [0.3, 0.4) is 0 Å². The number of carbonyl (C=O) groups excluding carboxylic acids is 1. The summed E-state index contributed by atoms with van der Waals surface area (Å²) in [7, 11) is 3.02. The summed E-state index contributed by atoms with van der Waals surface area (Å²) in [5.41, 5.74) is 1.80. The quantitative estimate of drug-likeness (QED) is 0.513. The molecule has 0 aliphatic heterocycles. The van der Waals surface area contributed by atoms with Crippen LogP contribution in [0, 0.1) is 6.92 Å². The molecular formula is C20H18N4O4S. The van der Waals surface area contributed by atoms with Gasteiger partial charge < -0.3 is 19.2 Å². The fourth-order valence-electron chi connectivity index (χ4n) is 2.88. The van der Waals surface area contributed by atoms with Gasteiger partial charge in [0.25, 0.3) is 5.91 Å². The monoisotopic (exact) mass is 410 g/mol. The Bertz CT molecular complexity index is 1150. The highest BCUT2D eigenvalue weighted by molar-refractivity contribution is 7.12. The molecule has 29 heavy (non-hydrogen) atoms. The third-order valence-corrected chi connectivity index (χ3v) is 4.98. The van der Waals surface area contributed by atoms with Gasteiger partial charge in [-0.15, -0.1) is 11.3 Å². The van der Waals surface area contributed by atoms with Crippen LogP contribution in [0.1, 0.15) is 16.1 Å². The molecule has 0 bridgehead atoms. The van der Waals surface area contributed by atoms with Crippen LogP contribution in [0.2, 0.25) is 0 Å². The molecule has 0 fully saturated rings. The molecule has 1 amide bonds. The van der Waals surface area contributed by atoms with Crippen molar-refractivity contribution in [3.63, 3.8) is 0 Å². The van der Waals surface area contributed by atoms with Crippen molar-refractivity contribution >= 4 is 23.1 Å². The Morgan fingerprint density at radius 1 is 1.21 bits per heavy atom. The maximum absolute atomic E-state index is 12.9. The maximum Gasteiger partial charge on any atom is 0.260 e. The third kappa shape index (κ3) is 3.59. The van der Waals surface area contributed by atoms with Crippen LogP contribution in [0.4, 0.5) is 5.82 Å². The lowest BCUT2D eigenvalue weighted by molar-refractivity contribution is 0.102. The Morgan fingerprint density at radius 3 is 2.79 bits per heavy atom. The molecule has 3 aromatic heterocycles. The molecule has 148 valence electrons. The van der Waals surface area contributed by atoms with Crippen LogP contribution in [0.25, 0.3) is 16.6 Å². The van der Waals surface area contributed by atoms with E-state index in [1.807, 2.05) is 18.4 Å². The Morgan fingerprint density at radius 2 is 2.07 bits per heavy atom. The predicted molar refractivity (Wildman–Crippen MR) is 109 cm³/mol. The van der Waals surface area contributed by atoms with Gasteiger partial charge in [-0.2, -0.15) is 9.78 Å². The summed E-state index contributed by atoms with van der Waals surface area (Å²) in [5, 5.41) is 9.83. The number of ether oxygens (including phenoxy) is 2. The van der Waals surface area contributed by atoms with Crippen LogP contribution in [-0.4, -0.2) is 34.9 Å². The van der Waals surface area contributed by atoms with Crippen molar-refractivity contribution < 1.29 is 18.7 Å². The zero-order chi connectivity index (χ0) is 20.4. The highest BCUT2D eigenvalue weighted by Gasteiger charge is 2.20. The van der Waals surface area contributed by atoms with E-state index in [2.05, 4.69) is 15.4 Å². The number of hydrogen-bond acceptors (Lipinski definition) is 7. The number of methoxy groups -OCH3 is 2. The lowest BCUT2D eigenvalue weighted by Crippen LogP contribution is -2.16. The van der Waals surface area contributed by atoms with Crippen LogP contribution in [-0.2, 0) is 0 Å². The summed E-state index contributed by atoms with van der Waals surface area (Å²) < 4.78 is 17.6. The van der Waals surface area contributed by atoms with Crippen molar-refractivity contribution in [2.75, 3.05) is 19.5 Å². The minimum Gasteiger partial charge on any atom is -0.493 e. The molecule has 4 rings (SSSR count). The van der Waals surface area contributed by atoms with Crippen molar-refractivity contribution in [3.8, 4) is 28.1 Å². The molecule has 0 atom stereocenters. The van der Waals surface area contributed by atoms with Crippen molar-refractivity contribution in [2.45, 2.75) is 6.92 Å². The number of amides is 1. The van der Waals surface area contributed by atoms with Crippen LogP contribution in [0.5, 0.6) is 11.5 Å². The van der Waals surface area contributed by atoms with Crippen LogP contribution >= 0.6 is 11.3 Å². The van der Waals surface area contributed by atoms with Gasteiger partial charge in [-0.3, -0.25) is 4.79 Å². The summed E-state index contributed by atoms with van der Waals surface area (Å²) in [4.78, 5) is 17.5. The molecule has 4 aromatic rings. The number of nitrogens with zero attached hydrogens (tertiary/aromatic N) is 3. The molecule has 1 N–H and O–H groups in total. The standard InChI is InChI=1S/C20H18N4O4S/c1-12-10-17(22-19(25)13-6-4-7-16(26-2)18(13)27-3)24(23-12)20-21-14(11-29-20)15-8-5-9-28-15/h4-11H,1-3H3,(H,22,25). The number of carbonyl (C=O) groups is 1. The molecule has 0 aliphatic carbocycles. The molecule has 0 saturated carbocycles. The summed E-state index contributed by atoms with van der Waals surface area (Å²) in [6.07, 6.45) is 1.60. The van der Waals surface area contributed by atoms with Crippen molar-refractivity contribution in [1.29, 1.82) is 0 Å². The summed E-state index contributed by atoms with van der Waals surface area (Å²) in [6.45, 7) is 1.85. The normalized spacial score (nSPS) is 10.7. The second kappa shape index (κ2) is 7.80. The van der Waals surface area contributed by atoms with E-state index >= 15 is 0 Å². The summed E-state index contributed by atoms with van der Waals surface area (Å²) in [5.74, 6) is 1.67. The smallest absolute Gasteiger partial charge is 0.260 e. The largest absolute Gasteiger partial charge is 0.493 e. The zero-order valence-electron chi connectivity index (χ0n) is 16.0. The first-order valence-electron chi connectivity index (χ1n) is 8.69. The number of aryl methyl sites for hydroxylation is 1. The van der Waals surface area contributed by atoms with Gasteiger partial charge in [0, 0.05) is 11.4 Å². The minimum absolute atomic E-state index is 0.343. The predicted octanol–water partition coefficient (Wildman–Crippen LogP) is 4.17. The van der Waals surface area contributed by atoms with Gasteiger partial charge in [-0.25, -0.2) is 4.98 Å². The molecule has 0 saturated heterocycles. The molecule has 8 nitrogen and oxygen atoms in total. The maximum atomic E-state index is 12.9. The Kier molecular flexibility index (Phi) is 5.05. The first kappa shape index (κ1) is 18.8. The second-order valence-electron chi connectivity index (χ2n) is 6.07. The van der Waals surface area contributed by atoms with Crippen LogP contribution < -0.4 is 14.8 Å². The Hall–Kier alpha value is -3.59. The van der Waals surface area contributed by atoms with Crippen molar-refractivity contribution in [1.82, 2.24) is 14.8 Å². The number of rotatable bonds is 6. The molecule has 0 aliphatic rings. The number of hydrogen-bond donors (Lipinski definition) is 1. The van der Waals surface area contributed by atoms with E-state index in [1.54, 1.807) is 41.3 Å². The lowest BCUT2D eigenvalue weighted by atomic mass is 10.1. The molecule has 9 heteroatoms. The molecule has 0 radical (unpaired) electrons. The number of furan rings is 1. The van der Waals surface area contributed by atoms with E-state index in [9.17, 15) is 4.79 Å². The second-order valence-corrected chi connectivity index (χ2v) is 6.91. The number of aromatic nitrogens is 3. The molecule has 3 heterocycles. The van der Waals surface area contributed by atoms with Gasteiger partial charge in [-0.1, -0.05) is 6.07 Å². The fourth-order valence-corrected chi connectivity index (χ4v) is 3.66. The van der Waals surface area contributed by atoms with E-state index in [0.29, 0.717) is 39.5 Å².